The average Bonchev–Trinajstić information content (AvgIpc) is 2.92. The van der Waals surface area contributed by atoms with Crippen LogP contribution in [0.3, 0.4) is 0 Å². The molecule has 0 saturated heterocycles. The summed E-state index contributed by atoms with van der Waals surface area (Å²) in [4.78, 5) is 16.3. The van der Waals surface area contributed by atoms with E-state index in [1.165, 1.54) is 17.5 Å². The summed E-state index contributed by atoms with van der Waals surface area (Å²) in [6.45, 7) is 3.78. The first-order valence-corrected chi connectivity index (χ1v) is 7.13. The Labute approximate surface area is 122 Å². The van der Waals surface area contributed by atoms with Crippen LogP contribution in [0.2, 0.25) is 0 Å². The summed E-state index contributed by atoms with van der Waals surface area (Å²) in [5, 5.41) is 9.98. The summed E-state index contributed by atoms with van der Waals surface area (Å²) in [6.07, 6.45) is 3.22. The van der Waals surface area contributed by atoms with Crippen LogP contribution >= 0.6 is 0 Å². The van der Waals surface area contributed by atoms with Crippen molar-refractivity contribution < 1.29 is 9.32 Å². The number of rotatable bonds is 3. The second-order valence-electron chi connectivity index (χ2n) is 5.22. The maximum atomic E-state index is 12.3. The van der Waals surface area contributed by atoms with Gasteiger partial charge in [-0.3, -0.25) is 4.79 Å². The topological polar surface area (TPSA) is 80.0 Å². The van der Waals surface area contributed by atoms with Gasteiger partial charge in [0.2, 0.25) is 6.39 Å². The van der Waals surface area contributed by atoms with Gasteiger partial charge in [-0.15, -0.1) is 0 Å². The third-order valence-corrected chi connectivity index (χ3v) is 3.72. The van der Waals surface area contributed by atoms with E-state index in [4.69, 9.17) is 4.52 Å². The highest BCUT2D eigenvalue weighted by molar-refractivity contribution is 5.94. The molecule has 6 heteroatoms. The fraction of sp³-hybridized carbons (Fsp3) is 0.400. The average molecular weight is 286 g/mol. The van der Waals surface area contributed by atoms with Crippen LogP contribution in [0.4, 0.5) is 0 Å². The minimum absolute atomic E-state index is 0.118. The molecule has 3 rings (SSSR count). The molecule has 0 bridgehead atoms. The Bertz CT molecular complexity index is 625. The Morgan fingerprint density at radius 2 is 2.14 bits per heavy atom. The fourth-order valence-corrected chi connectivity index (χ4v) is 2.53. The number of aromatic nitrogens is 2. The number of nitrogens with one attached hydrogen (secondary N) is 2. The van der Waals surface area contributed by atoms with Gasteiger partial charge in [0.05, 0.1) is 6.04 Å². The van der Waals surface area contributed by atoms with Crippen LogP contribution in [0.5, 0.6) is 0 Å². The third-order valence-electron chi connectivity index (χ3n) is 3.72. The SMILES string of the molecule is CC(NC(=O)c1ccc2c(c1)CCNCC2)c1ncon1. The first kappa shape index (κ1) is 13.8. The number of carbonyl (C=O) groups is 1. The number of carbonyl (C=O) groups excluding carboxylic acids is 1. The van der Waals surface area contributed by atoms with Crippen molar-refractivity contribution in [2.24, 2.45) is 0 Å². The lowest BCUT2D eigenvalue weighted by molar-refractivity contribution is 0.0937. The smallest absolute Gasteiger partial charge is 0.251 e. The van der Waals surface area contributed by atoms with Gasteiger partial charge in [-0.1, -0.05) is 11.2 Å². The van der Waals surface area contributed by atoms with Gasteiger partial charge in [0.25, 0.3) is 5.91 Å². The molecule has 6 nitrogen and oxygen atoms in total. The Balaban J connectivity index is 1.74. The highest BCUT2D eigenvalue weighted by Crippen LogP contribution is 2.16. The number of hydrogen-bond acceptors (Lipinski definition) is 5. The summed E-state index contributed by atoms with van der Waals surface area (Å²) in [6, 6.07) is 5.64. The second-order valence-corrected chi connectivity index (χ2v) is 5.22. The van der Waals surface area contributed by atoms with Crippen LogP contribution in [-0.4, -0.2) is 29.1 Å². The predicted molar refractivity (Wildman–Crippen MR) is 76.9 cm³/mol. The van der Waals surface area contributed by atoms with Crippen LogP contribution in [0.15, 0.2) is 29.1 Å². The maximum absolute atomic E-state index is 12.3. The van der Waals surface area contributed by atoms with Gasteiger partial charge in [-0.2, -0.15) is 4.98 Å². The molecule has 0 fully saturated rings. The van der Waals surface area contributed by atoms with Crippen LogP contribution in [0.1, 0.15) is 40.3 Å². The number of hydrogen-bond donors (Lipinski definition) is 2. The molecule has 1 amide bonds. The normalized spacial score (nSPS) is 15.9. The molecular formula is C15H18N4O2. The minimum atomic E-state index is -0.281. The van der Waals surface area contributed by atoms with Gasteiger partial charge in [-0.05, 0) is 56.1 Å². The summed E-state index contributed by atoms with van der Waals surface area (Å²) in [5.41, 5.74) is 3.24. The van der Waals surface area contributed by atoms with Crippen molar-refractivity contribution in [3.63, 3.8) is 0 Å². The number of fused-ring (bicyclic) bond motifs is 1. The molecule has 2 aromatic rings. The van der Waals surface area contributed by atoms with E-state index in [1.807, 2.05) is 19.1 Å². The summed E-state index contributed by atoms with van der Waals surface area (Å²) in [5.74, 6) is 0.356. The van der Waals surface area contributed by atoms with Crippen molar-refractivity contribution in [3.05, 3.63) is 47.1 Å². The Morgan fingerprint density at radius 3 is 2.90 bits per heavy atom. The molecule has 0 radical (unpaired) electrons. The van der Waals surface area contributed by atoms with E-state index in [9.17, 15) is 4.79 Å². The van der Waals surface area contributed by atoms with Crippen molar-refractivity contribution in [2.45, 2.75) is 25.8 Å². The zero-order valence-corrected chi connectivity index (χ0v) is 11.9. The van der Waals surface area contributed by atoms with Crippen LogP contribution in [0.25, 0.3) is 0 Å². The molecule has 1 aliphatic heterocycles. The lowest BCUT2D eigenvalue weighted by Gasteiger charge is -2.12. The van der Waals surface area contributed by atoms with Gasteiger partial charge < -0.3 is 15.2 Å². The maximum Gasteiger partial charge on any atom is 0.251 e. The first-order chi connectivity index (χ1) is 10.2. The molecule has 1 atom stereocenters. The minimum Gasteiger partial charge on any atom is -0.343 e. The van der Waals surface area contributed by atoms with Crippen molar-refractivity contribution in [3.8, 4) is 0 Å². The Hall–Kier alpha value is -2.21. The molecule has 21 heavy (non-hydrogen) atoms. The Morgan fingerprint density at radius 1 is 1.33 bits per heavy atom. The molecule has 2 N–H and O–H groups in total. The third kappa shape index (κ3) is 3.11. The van der Waals surface area contributed by atoms with E-state index >= 15 is 0 Å². The van der Waals surface area contributed by atoms with Crippen molar-refractivity contribution >= 4 is 5.91 Å². The van der Waals surface area contributed by atoms with Gasteiger partial charge in [0, 0.05) is 5.56 Å². The quantitative estimate of drug-likeness (QED) is 0.887. The highest BCUT2D eigenvalue weighted by atomic mass is 16.5. The van der Waals surface area contributed by atoms with E-state index in [-0.39, 0.29) is 11.9 Å². The van der Waals surface area contributed by atoms with Gasteiger partial charge in [0.15, 0.2) is 5.82 Å². The number of benzene rings is 1. The van der Waals surface area contributed by atoms with Crippen molar-refractivity contribution in [1.29, 1.82) is 0 Å². The fourth-order valence-electron chi connectivity index (χ4n) is 2.53. The molecular weight excluding hydrogens is 268 g/mol. The summed E-state index contributed by atoms with van der Waals surface area (Å²) >= 11 is 0. The molecule has 1 unspecified atom stereocenters. The van der Waals surface area contributed by atoms with Crippen LogP contribution in [-0.2, 0) is 12.8 Å². The molecule has 0 spiro atoms. The van der Waals surface area contributed by atoms with E-state index < -0.39 is 0 Å². The van der Waals surface area contributed by atoms with Gasteiger partial charge in [0.1, 0.15) is 0 Å². The summed E-state index contributed by atoms with van der Waals surface area (Å²) < 4.78 is 4.69. The highest BCUT2D eigenvalue weighted by Gasteiger charge is 2.16. The molecule has 110 valence electrons. The van der Waals surface area contributed by atoms with E-state index in [0.717, 1.165) is 25.9 Å². The zero-order valence-electron chi connectivity index (χ0n) is 11.9. The zero-order chi connectivity index (χ0) is 14.7. The lowest BCUT2D eigenvalue weighted by Crippen LogP contribution is -2.27. The lowest BCUT2D eigenvalue weighted by atomic mass is 9.99. The second kappa shape index (κ2) is 6.05. The van der Waals surface area contributed by atoms with E-state index in [0.29, 0.717) is 11.4 Å². The van der Waals surface area contributed by atoms with Gasteiger partial charge in [-0.25, -0.2) is 0 Å². The van der Waals surface area contributed by atoms with E-state index in [2.05, 4.69) is 26.8 Å². The largest absolute Gasteiger partial charge is 0.343 e. The predicted octanol–water partition coefficient (Wildman–Crippen LogP) is 1.25. The van der Waals surface area contributed by atoms with E-state index in [1.54, 1.807) is 0 Å². The molecule has 0 aliphatic carbocycles. The van der Waals surface area contributed by atoms with Crippen molar-refractivity contribution in [2.75, 3.05) is 13.1 Å². The van der Waals surface area contributed by atoms with Crippen LogP contribution in [0, 0.1) is 0 Å². The monoisotopic (exact) mass is 286 g/mol. The Kier molecular flexibility index (Phi) is 3.96. The molecule has 1 aromatic carbocycles. The molecule has 0 saturated carbocycles. The van der Waals surface area contributed by atoms with Gasteiger partial charge >= 0.3 is 0 Å². The standard InChI is InChI=1S/C15H18N4O2/c1-10(14-17-9-21-19-14)18-15(20)13-3-2-11-4-6-16-7-5-12(11)8-13/h2-3,8-10,16H,4-7H2,1H3,(H,18,20). The number of nitrogens with zero attached hydrogens (tertiary/aromatic N) is 2. The molecule has 2 heterocycles. The summed E-state index contributed by atoms with van der Waals surface area (Å²) in [7, 11) is 0. The van der Waals surface area contributed by atoms with Crippen molar-refractivity contribution in [1.82, 2.24) is 20.8 Å². The number of amides is 1. The molecule has 1 aromatic heterocycles. The van der Waals surface area contributed by atoms with Crippen LogP contribution < -0.4 is 10.6 Å². The first-order valence-electron chi connectivity index (χ1n) is 7.13. The molecule has 1 aliphatic rings.